The molecule has 0 radical (unpaired) electrons. The molecule has 2 aliphatic heterocycles. The Morgan fingerprint density at radius 2 is 1.97 bits per heavy atom. The van der Waals surface area contributed by atoms with Crippen LogP contribution in [-0.2, 0) is 19.1 Å². The fourth-order valence-electron chi connectivity index (χ4n) is 3.49. The van der Waals surface area contributed by atoms with Gasteiger partial charge in [-0.15, -0.1) is 0 Å². The number of carbonyl (C=O) groups is 3. The van der Waals surface area contributed by atoms with Gasteiger partial charge in [0.2, 0.25) is 0 Å². The molecule has 0 spiro atoms. The van der Waals surface area contributed by atoms with E-state index in [-0.39, 0.29) is 18.4 Å². The molecule has 2 fully saturated rings. The standard InChI is InChI=1S/C25H24BrN3O6S/c1-28-24(32)21(13-16-6-7-20(19(26)12-16)35-15-22(30)33-2)36-25(28)27-18-5-3-4-17(14-18)23(31)29-8-10-34-11-9-29/h3-7,12-14H,8-11,15H2,1-2H3/b21-13+,27-25?. The molecule has 4 rings (SSSR count). The normalized spacial score (nSPS) is 18.1. The van der Waals surface area contributed by atoms with Gasteiger partial charge in [-0.25, -0.2) is 9.79 Å². The Morgan fingerprint density at radius 3 is 2.69 bits per heavy atom. The van der Waals surface area contributed by atoms with Crippen molar-refractivity contribution in [1.82, 2.24) is 9.80 Å². The summed E-state index contributed by atoms with van der Waals surface area (Å²) < 4.78 is 16.0. The number of carbonyl (C=O) groups excluding carboxylic acids is 3. The second kappa shape index (κ2) is 11.7. The van der Waals surface area contributed by atoms with Crippen molar-refractivity contribution in [2.24, 2.45) is 4.99 Å². The highest BCUT2D eigenvalue weighted by atomic mass is 79.9. The lowest BCUT2D eigenvalue weighted by Gasteiger charge is -2.26. The summed E-state index contributed by atoms with van der Waals surface area (Å²) in [6.45, 7) is 1.99. The molecule has 0 aromatic heterocycles. The topological polar surface area (TPSA) is 97.7 Å². The highest BCUT2D eigenvalue weighted by Crippen LogP contribution is 2.34. The van der Waals surface area contributed by atoms with Crippen LogP contribution in [0.15, 0.2) is 56.8 Å². The average molecular weight is 574 g/mol. The SMILES string of the molecule is COC(=O)COc1ccc(/C=C2/SC(=Nc3cccc(C(=O)N4CCOCC4)c3)N(C)C2=O)cc1Br. The van der Waals surface area contributed by atoms with Crippen LogP contribution >= 0.6 is 27.7 Å². The second-order valence-electron chi connectivity index (χ2n) is 7.88. The van der Waals surface area contributed by atoms with Gasteiger partial charge < -0.3 is 19.1 Å². The van der Waals surface area contributed by atoms with Crippen LogP contribution in [0.4, 0.5) is 5.69 Å². The minimum atomic E-state index is -0.480. The van der Waals surface area contributed by atoms with Crippen molar-refractivity contribution in [3.8, 4) is 5.75 Å². The maximum Gasteiger partial charge on any atom is 0.343 e. The van der Waals surface area contributed by atoms with Gasteiger partial charge in [0.15, 0.2) is 11.8 Å². The Morgan fingerprint density at radius 1 is 1.19 bits per heavy atom. The van der Waals surface area contributed by atoms with Crippen molar-refractivity contribution in [3.05, 3.63) is 63.0 Å². The first kappa shape index (κ1) is 25.9. The number of benzene rings is 2. The zero-order valence-electron chi connectivity index (χ0n) is 19.7. The van der Waals surface area contributed by atoms with Crippen LogP contribution in [0, 0.1) is 0 Å². The van der Waals surface area contributed by atoms with Crippen LogP contribution in [-0.4, -0.2) is 79.8 Å². The Kier molecular flexibility index (Phi) is 8.44. The number of aliphatic imine (C=N–C) groups is 1. The van der Waals surface area contributed by atoms with Crippen LogP contribution in [0.2, 0.25) is 0 Å². The molecule has 11 heteroatoms. The number of esters is 1. The molecule has 36 heavy (non-hydrogen) atoms. The lowest BCUT2D eigenvalue weighted by Crippen LogP contribution is -2.40. The van der Waals surface area contributed by atoms with E-state index >= 15 is 0 Å². The fraction of sp³-hybridized carbons (Fsp3) is 0.280. The van der Waals surface area contributed by atoms with Crippen LogP contribution in [0.5, 0.6) is 5.75 Å². The molecular formula is C25H24BrN3O6S. The number of thioether (sulfide) groups is 1. The van der Waals surface area contributed by atoms with E-state index in [0.717, 1.165) is 5.56 Å². The molecule has 188 valence electrons. The third-order valence-corrected chi connectivity index (χ3v) is 7.13. The number of hydrogen-bond donors (Lipinski definition) is 0. The number of amides is 2. The maximum atomic E-state index is 12.8. The van der Waals surface area contributed by atoms with Crippen molar-refractivity contribution in [1.29, 1.82) is 0 Å². The number of rotatable bonds is 6. The first-order valence-electron chi connectivity index (χ1n) is 11.1. The summed E-state index contributed by atoms with van der Waals surface area (Å²) in [4.78, 5) is 45.3. The molecule has 2 saturated heterocycles. The number of ether oxygens (including phenoxy) is 3. The molecule has 2 aromatic carbocycles. The molecule has 2 aromatic rings. The van der Waals surface area contributed by atoms with Crippen molar-refractivity contribution in [2.45, 2.75) is 0 Å². The summed E-state index contributed by atoms with van der Waals surface area (Å²) in [6.07, 6.45) is 1.76. The number of methoxy groups -OCH3 is 1. The third kappa shape index (κ3) is 6.15. The van der Waals surface area contributed by atoms with E-state index in [0.29, 0.717) is 57.8 Å². The van der Waals surface area contributed by atoms with Crippen LogP contribution in [0.1, 0.15) is 15.9 Å². The van der Waals surface area contributed by atoms with Crippen LogP contribution in [0.25, 0.3) is 6.08 Å². The van der Waals surface area contributed by atoms with E-state index in [1.807, 2.05) is 0 Å². The third-order valence-electron chi connectivity index (χ3n) is 5.45. The number of amidine groups is 1. The molecule has 9 nitrogen and oxygen atoms in total. The molecule has 0 aliphatic carbocycles. The minimum absolute atomic E-state index is 0.0611. The number of nitrogens with zero attached hydrogens (tertiary/aromatic N) is 3. The van der Waals surface area contributed by atoms with Gasteiger partial charge in [0, 0.05) is 25.7 Å². The fourth-order valence-corrected chi connectivity index (χ4v) is 4.99. The highest BCUT2D eigenvalue weighted by Gasteiger charge is 2.30. The molecule has 0 atom stereocenters. The monoisotopic (exact) mass is 573 g/mol. The van der Waals surface area contributed by atoms with Gasteiger partial charge in [-0.1, -0.05) is 12.1 Å². The second-order valence-corrected chi connectivity index (χ2v) is 9.74. The molecule has 0 unspecified atom stereocenters. The predicted molar refractivity (Wildman–Crippen MR) is 140 cm³/mol. The molecule has 2 aliphatic rings. The average Bonchev–Trinajstić information content (AvgIpc) is 3.15. The number of morpholine rings is 1. The van der Waals surface area contributed by atoms with E-state index in [9.17, 15) is 14.4 Å². The van der Waals surface area contributed by atoms with E-state index in [2.05, 4.69) is 25.7 Å². The smallest absolute Gasteiger partial charge is 0.343 e. The number of halogens is 1. The Hall–Kier alpha value is -3.15. The first-order chi connectivity index (χ1) is 17.4. The molecule has 0 saturated carbocycles. The summed E-state index contributed by atoms with van der Waals surface area (Å²) in [5, 5.41) is 0.513. The highest BCUT2D eigenvalue weighted by molar-refractivity contribution is 9.10. The zero-order valence-corrected chi connectivity index (χ0v) is 22.1. The number of hydrogen-bond acceptors (Lipinski definition) is 8. The minimum Gasteiger partial charge on any atom is -0.481 e. The van der Waals surface area contributed by atoms with Gasteiger partial charge in [0.05, 0.1) is 35.4 Å². The van der Waals surface area contributed by atoms with Crippen LogP contribution < -0.4 is 4.74 Å². The Labute approximate surface area is 221 Å². The quantitative estimate of drug-likeness (QED) is 0.384. The van der Waals surface area contributed by atoms with Crippen molar-refractivity contribution >= 4 is 62.4 Å². The van der Waals surface area contributed by atoms with Gasteiger partial charge in [-0.3, -0.25) is 14.5 Å². The van der Waals surface area contributed by atoms with Gasteiger partial charge in [0.1, 0.15) is 5.75 Å². The Balaban J connectivity index is 1.49. The van der Waals surface area contributed by atoms with Gasteiger partial charge in [-0.2, -0.15) is 0 Å². The summed E-state index contributed by atoms with van der Waals surface area (Å²) in [5.74, 6) is -0.235. The summed E-state index contributed by atoms with van der Waals surface area (Å²) in [7, 11) is 2.96. The van der Waals surface area contributed by atoms with E-state index in [1.165, 1.54) is 23.8 Å². The van der Waals surface area contributed by atoms with E-state index in [1.54, 1.807) is 60.5 Å². The van der Waals surface area contributed by atoms with Crippen molar-refractivity contribution in [3.63, 3.8) is 0 Å². The molecule has 0 N–H and O–H groups in total. The van der Waals surface area contributed by atoms with Crippen molar-refractivity contribution in [2.75, 3.05) is 47.1 Å². The summed E-state index contributed by atoms with van der Waals surface area (Å²) in [6, 6.07) is 12.4. The molecular weight excluding hydrogens is 550 g/mol. The number of likely N-dealkylation sites (N-methyl/N-ethyl adjacent to an activating group) is 1. The summed E-state index contributed by atoms with van der Waals surface area (Å²) >= 11 is 4.68. The van der Waals surface area contributed by atoms with Crippen LogP contribution in [0.3, 0.4) is 0 Å². The van der Waals surface area contributed by atoms with Crippen molar-refractivity contribution < 1.29 is 28.6 Å². The van der Waals surface area contributed by atoms with Gasteiger partial charge in [0.25, 0.3) is 11.8 Å². The zero-order chi connectivity index (χ0) is 25.7. The van der Waals surface area contributed by atoms with E-state index < -0.39 is 5.97 Å². The van der Waals surface area contributed by atoms with Gasteiger partial charge >= 0.3 is 5.97 Å². The predicted octanol–water partition coefficient (Wildman–Crippen LogP) is 3.71. The molecule has 0 bridgehead atoms. The largest absolute Gasteiger partial charge is 0.481 e. The maximum absolute atomic E-state index is 12.8. The van der Waals surface area contributed by atoms with E-state index in [4.69, 9.17) is 9.47 Å². The Bertz CT molecular complexity index is 1240. The lowest BCUT2D eigenvalue weighted by molar-refractivity contribution is -0.142. The summed E-state index contributed by atoms with van der Waals surface area (Å²) in [5.41, 5.74) is 1.91. The first-order valence-corrected chi connectivity index (χ1v) is 12.7. The molecule has 2 amide bonds. The lowest BCUT2D eigenvalue weighted by atomic mass is 10.1. The molecule has 2 heterocycles. The van der Waals surface area contributed by atoms with Gasteiger partial charge in [-0.05, 0) is 69.7 Å².